The molecule has 1 unspecified atom stereocenters. The van der Waals surface area contributed by atoms with Crippen LogP contribution in [0.15, 0.2) is 50.8 Å². The zero-order valence-electron chi connectivity index (χ0n) is 18.6. The van der Waals surface area contributed by atoms with E-state index in [1.807, 2.05) is 6.08 Å². The third kappa shape index (κ3) is 4.66. The summed E-state index contributed by atoms with van der Waals surface area (Å²) in [6.07, 6.45) is 2.87. The van der Waals surface area contributed by atoms with Crippen molar-refractivity contribution in [3.63, 3.8) is 0 Å². The molecule has 1 saturated heterocycles. The maximum atomic E-state index is 13.3. The molecule has 0 aromatic carbocycles. The molecule has 0 radical (unpaired) electrons. The first-order chi connectivity index (χ1) is 17.2. The number of H-pyrrole nitrogens is 1. The fourth-order valence-corrected chi connectivity index (χ4v) is 4.58. The Morgan fingerprint density at radius 1 is 1.33 bits per heavy atom. The van der Waals surface area contributed by atoms with Crippen LogP contribution in [0, 0.1) is 0 Å². The Bertz CT molecular complexity index is 1470. The fraction of sp³-hybridized carbons (Fsp3) is 0.227. The number of thiazole rings is 1. The quantitative estimate of drug-likeness (QED) is 0.404. The van der Waals surface area contributed by atoms with Crippen molar-refractivity contribution >= 4 is 34.3 Å². The summed E-state index contributed by atoms with van der Waals surface area (Å²) in [6, 6.07) is 0.997. The van der Waals surface area contributed by atoms with Crippen LogP contribution in [-0.2, 0) is 6.18 Å². The minimum absolute atomic E-state index is 0.0242. The number of pyridine rings is 1. The van der Waals surface area contributed by atoms with E-state index in [4.69, 9.17) is 4.42 Å². The lowest BCUT2D eigenvalue weighted by Gasteiger charge is -2.33. The molecule has 2 amide bonds. The molecule has 0 spiro atoms. The van der Waals surface area contributed by atoms with Crippen LogP contribution >= 0.6 is 11.3 Å². The van der Waals surface area contributed by atoms with Gasteiger partial charge in [-0.25, -0.2) is 24.7 Å². The molecule has 3 aromatic rings. The van der Waals surface area contributed by atoms with Crippen molar-refractivity contribution in [3.8, 4) is 10.6 Å². The Kier molecular flexibility index (Phi) is 5.96. The predicted octanol–water partition coefficient (Wildman–Crippen LogP) is 3.77. The first-order valence-electron chi connectivity index (χ1n) is 10.7. The van der Waals surface area contributed by atoms with Gasteiger partial charge in [0, 0.05) is 58.6 Å². The number of alkyl halides is 3. The monoisotopic (exact) mass is 517 g/mol. The van der Waals surface area contributed by atoms with Crippen molar-refractivity contribution in [1.82, 2.24) is 30.8 Å². The number of nitrogens with one attached hydrogen (secondary N) is 4. The van der Waals surface area contributed by atoms with E-state index in [1.54, 1.807) is 19.1 Å². The summed E-state index contributed by atoms with van der Waals surface area (Å²) in [6.45, 7) is 2.13. The number of fused-ring (bicyclic) bond motifs is 2. The second kappa shape index (κ2) is 9.11. The minimum atomic E-state index is -4.61. The van der Waals surface area contributed by atoms with Crippen molar-refractivity contribution in [2.45, 2.75) is 25.6 Å². The van der Waals surface area contributed by atoms with Crippen LogP contribution in [-0.4, -0.2) is 38.8 Å². The lowest BCUT2D eigenvalue weighted by Crippen LogP contribution is -2.40. The minimum Gasteiger partial charge on any atom is -0.388 e. The second-order valence-electron chi connectivity index (χ2n) is 7.86. The number of urea groups is 1. The molecule has 3 aliphatic rings. The summed E-state index contributed by atoms with van der Waals surface area (Å²) in [7, 11) is 0. The number of aromatic amines is 1. The number of carbonyl (C=O) groups excluding carboxylic acids is 1. The molecule has 0 saturated carbocycles. The van der Waals surface area contributed by atoms with Gasteiger partial charge in [-0.05, 0) is 19.1 Å². The lowest BCUT2D eigenvalue weighted by atomic mass is 9.88. The maximum absolute atomic E-state index is 13.3. The molecule has 1 atom stereocenters. The van der Waals surface area contributed by atoms with E-state index < -0.39 is 23.7 Å². The SMILES string of the molecule is CCNC(=O)Nc1cc(-c2nc(C(F)(F)F)cs2)c(C2=C3CC(C=CC(c4n[nH]c(=O)o4)=C2)N3)cn1. The van der Waals surface area contributed by atoms with Crippen LogP contribution < -0.4 is 21.7 Å². The van der Waals surface area contributed by atoms with Gasteiger partial charge in [-0.15, -0.1) is 16.4 Å². The summed E-state index contributed by atoms with van der Waals surface area (Å²) >= 11 is 0.827. The molecule has 1 aliphatic carbocycles. The van der Waals surface area contributed by atoms with Crippen LogP contribution in [0.4, 0.5) is 23.8 Å². The predicted molar refractivity (Wildman–Crippen MR) is 126 cm³/mol. The summed E-state index contributed by atoms with van der Waals surface area (Å²) in [4.78, 5) is 31.6. The zero-order chi connectivity index (χ0) is 25.4. The Hall–Kier alpha value is -4.20. The van der Waals surface area contributed by atoms with E-state index >= 15 is 0 Å². The van der Waals surface area contributed by atoms with Gasteiger partial charge in [0.05, 0.1) is 0 Å². The summed E-state index contributed by atoms with van der Waals surface area (Å²) in [5.41, 5.74) is 1.72. The number of rotatable bonds is 5. The Morgan fingerprint density at radius 3 is 2.81 bits per heavy atom. The van der Waals surface area contributed by atoms with Crippen LogP contribution in [0.3, 0.4) is 0 Å². The van der Waals surface area contributed by atoms with Crippen molar-refractivity contribution in [1.29, 1.82) is 0 Å². The normalized spacial score (nSPS) is 17.0. The largest absolute Gasteiger partial charge is 0.434 e. The van der Waals surface area contributed by atoms with Gasteiger partial charge in [-0.3, -0.25) is 5.32 Å². The fourth-order valence-electron chi connectivity index (χ4n) is 3.73. The van der Waals surface area contributed by atoms with Gasteiger partial charge >= 0.3 is 18.0 Å². The molecule has 186 valence electrons. The molecule has 4 N–H and O–H groups in total. The maximum Gasteiger partial charge on any atom is 0.434 e. The first-order valence-corrected chi connectivity index (χ1v) is 11.6. The van der Waals surface area contributed by atoms with Crippen molar-refractivity contribution in [2.75, 3.05) is 11.9 Å². The molecular weight excluding hydrogens is 499 g/mol. The van der Waals surface area contributed by atoms with Crippen molar-refractivity contribution in [3.05, 3.63) is 69.3 Å². The number of allylic oxidation sites excluding steroid dienone is 4. The highest BCUT2D eigenvalue weighted by atomic mass is 32.1. The first kappa shape index (κ1) is 23.5. The van der Waals surface area contributed by atoms with E-state index in [9.17, 15) is 22.8 Å². The summed E-state index contributed by atoms with van der Waals surface area (Å²) in [5, 5.41) is 15.6. The Morgan fingerprint density at radius 2 is 2.14 bits per heavy atom. The highest BCUT2D eigenvalue weighted by Gasteiger charge is 2.34. The number of amides is 2. The van der Waals surface area contributed by atoms with Crippen LogP contribution in [0.2, 0.25) is 0 Å². The number of halogens is 3. The van der Waals surface area contributed by atoms with Gasteiger partial charge in [0.1, 0.15) is 10.8 Å². The molecule has 2 aliphatic heterocycles. The van der Waals surface area contributed by atoms with Gasteiger partial charge in [0.25, 0.3) is 0 Å². The third-order valence-electron chi connectivity index (χ3n) is 5.40. The van der Waals surface area contributed by atoms with Crippen molar-refractivity contribution < 1.29 is 22.4 Å². The molecule has 6 rings (SSSR count). The molecule has 1 fully saturated rings. The third-order valence-corrected chi connectivity index (χ3v) is 6.28. The Labute approximate surface area is 205 Å². The molecule has 3 aromatic heterocycles. The number of anilines is 1. The van der Waals surface area contributed by atoms with Gasteiger partial charge in [0.2, 0.25) is 5.89 Å². The average molecular weight is 517 g/mol. The van der Waals surface area contributed by atoms with Crippen LogP contribution in [0.1, 0.15) is 30.5 Å². The number of hydrogen-bond donors (Lipinski definition) is 4. The number of carbonyl (C=O) groups is 1. The number of aromatic nitrogens is 4. The van der Waals surface area contributed by atoms with Gasteiger partial charge in [-0.2, -0.15) is 13.2 Å². The van der Waals surface area contributed by atoms with E-state index in [0.29, 0.717) is 35.2 Å². The highest BCUT2D eigenvalue weighted by Crippen LogP contribution is 2.40. The highest BCUT2D eigenvalue weighted by molar-refractivity contribution is 7.13. The van der Waals surface area contributed by atoms with Gasteiger partial charge < -0.3 is 15.1 Å². The van der Waals surface area contributed by atoms with E-state index in [1.165, 1.54) is 12.3 Å². The van der Waals surface area contributed by atoms with Crippen molar-refractivity contribution in [2.24, 2.45) is 0 Å². The molecule has 36 heavy (non-hydrogen) atoms. The lowest BCUT2D eigenvalue weighted by molar-refractivity contribution is -0.140. The van der Waals surface area contributed by atoms with Crippen LogP contribution in [0.5, 0.6) is 0 Å². The molecule has 10 nitrogen and oxygen atoms in total. The molecular formula is C22H18F3N7O3S. The van der Waals surface area contributed by atoms with Gasteiger partial charge in [-0.1, -0.05) is 12.2 Å². The molecule has 2 bridgehead atoms. The standard InChI is InChI=1S/C22H18F3N7O3S/c1-2-26-20(33)30-17-7-13(19-29-16(9-36-19)22(23,24)25)14(8-27-17)12-5-10(18-31-32-21(34)35-18)3-4-11-6-15(12)28-11/h3-5,7-9,11,28H,2,6H2,1H3,(H,32,34)(H2,26,27,30,33). The zero-order valence-corrected chi connectivity index (χ0v) is 19.4. The Balaban J connectivity index is 1.65. The van der Waals surface area contributed by atoms with E-state index in [2.05, 4.69) is 36.1 Å². The van der Waals surface area contributed by atoms with Gasteiger partial charge in [0.15, 0.2) is 5.69 Å². The number of hydrogen-bond acceptors (Lipinski definition) is 8. The van der Waals surface area contributed by atoms with E-state index in [0.717, 1.165) is 22.4 Å². The van der Waals surface area contributed by atoms with E-state index in [-0.39, 0.29) is 22.8 Å². The molecule has 14 heteroatoms. The average Bonchev–Trinajstić information content (AvgIpc) is 3.42. The summed E-state index contributed by atoms with van der Waals surface area (Å²) in [5.74, 6) is -0.514. The second-order valence-corrected chi connectivity index (χ2v) is 8.72. The smallest absolute Gasteiger partial charge is 0.388 e. The van der Waals surface area contributed by atoms with Crippen LogP contribution in [0.25, 0.3) is 21.7 Å². The molecule has 5 heterocycles. The topological polar surface area (TPSA) is 138 Å². The number of nitrogens with zero attached hydrogens (tertiary/aromatic N) is 3. The summed E-state index contributed by atoms with van der Waals surface area (Å²) < 4.78 is 45.0.